The zero-order chi connectivity index (χ0) is 17.6. The minimum absolute atomic E-state index is 0.240. The Labute approximate surface area is 148 Å². The molecule has 0 spiro atoms. The number of ether oxygens (including phenoxy) is 1. The number of benzene rings is 2. The Kier molecular flexibility index (Phi) is 5.29. The molecule has 0 amide bonds. The number of para-hydroxylation sites is 1. The highest BCUT2D eigenvalue weighted by atomic mass is 16.5. The van der Waals surface area contributed by atoms with Crippen LogP contribution in [0.2, 0.25) is 0 Å². The van der Waals surface area contributed by atoms with Gasteiger partial charge in [-0.3, -0.25) is 0 Å². The zero-order valence-corrected chi connectivity index (χ0v) is 14.6. The van der Waals surface area contributed by atoms with Gasteiger partial charge in [0.05, 0.1) is 5.69 Å². The first-order valence-corrected chi connectivity index (χ1v) is 8.57. The zero-order valence-electron chi connectivity index (χ0n) is 14.6. The second-order valence-corrected chi connectivity index (χ2v) is 6.14. The van der Waals surface area contributed by atoms with E-state index in [0.29, 0.717) is 11.8 Å². The van der Waals surface area contributed by atoms with Crippen molar-refractivity contribution in [3.8, 4) is 11.6 Å². The second-order valence-electron chi connectivity index (χ2n) is 6.14. The largest absolute Gasteiger partial charge is 0.439 e. The van der Waals surface area contributed by atoms with Crippen LogP contribution in [0.3, 0.4) is 0 Å². The van der Waals surface area contributed by atoms with Crippen LogP contribution in [0.15, 0.2) is 60.7 Å². The molecule has 1 atom stereocenters. The van der Waals surface area contributed by atoms with Gasteiger partial charge >= 0.3 is 0 Å². The van der Waals surface area contributed by atoms with Crippen molar-refractivity contribution in [2.24, 2.45) is 0 Å². The van der Waals surface area contributed by atoms with Crippen LogP contribution in [0.1, 0.15) is 36.1 Å². The van der Waals surface area contributed by atoms with E-state index >= 15 is 0 Å². The number of hydrogen-bond donors (Lipinski definition) is 1. The van der Waals surface area contributed by atoms with E-state index in [4.69, 9.17) is 10.5 Å². The number of hydrogen-bond acceptors (Lipinski definition) is 4. The lowest BCUT2D eigenvalue weighted by Gasteiger charge is -2.16. The first-order chi connectivity index (χ1) is 12.2. The Balaban J connectivity index is 1.83. The van der Waals surface area contributed by atoms with Crippen LogP contribution >= 0.6 is 0 Å². The lowest BCUT2D eigenvalue weighted by atomic mass is 9.92. The highest BCUT2D eigenvalue weighted by Crippen LogP contribution is 2.27. The second kappa shape index (κ2) is 7.79. The molecule has 1 unspecified atom stereocenters. The highest BCUT2D eigenvalue weighted by Gasteiger charge is 2.13. The molecule has 2 aromatic carbocycles. The maximum absolute atomic E-state index is 5.92. The Morgan fingerprint density at radius 1 is 1.00 bits per heavy atom. The van der Waals surface area contributed by atoms with Crippen molar-refractivity contribution >= 4 is 5.95 Å². The predicted molar refractivity (Wildman–Crippen MR) is 101 cm³/mol. The van der Waals surface area contributed by atoms with Crippen LogP contribution in [0.4, 0.5) is 5.95 Å². The molecule has 4 heteroatoms. The predicted octanol–water partition coefficient (Wildman–Crippen LogP) is 4.90. The number of nitrogen functional groups attached to an aromatic ring is 1. The molecule has 3 aromatic rings. The van der Waals surface area contributed by atoms with E-state index in [0.717, 1.165) is 29.8 Å². The number of nitrogens with two attached hydrogens (primary N) is 1. The first-order valence-electron chi connectivity index (χ1n) is 8.57. The van der Waals surface area contributed by atoms with E-state index in [9.17, 15) is 0 Å². The Bertz CT molecular complexity index is 834. The van der Waals surface area contributed by atoms with Gasteiger partial charge in [0.25, 0.3) is 0 Å². The summed E-state index contributed by atoms with van der Waals surface area (Å²) in [6.07, 6.45) is 1.83. The number of aryl methyl sites for hydroxylation is 1. The highest BCUT2D eigenvalue weighted by molar-refractivity contribution is 5.37. The molecule has 128 valence electrons. The molecule has 3 rings (SSSR count). The van der Waals surface area contributed by atoms with E-state index in [1.54, 1.807) is 0 Å². The van der Waals surface area contributed by atoms with Crippen molar-refractivity contribution < 1.29 is 4.74 Å². The summed E-state index contributed by atoms with van der Waals surface area (Å²) in [7, 11) is 0. The first kappa shape index (κ1) is 17.0. The van der Waals surface area contributed by atoms with Gasteiger partial charge in [-0.2, -0.15) is 4.98 Å². The molecule has 2 N–H and O–H groups in total. The molecule has 0 saturated carbocycles. The Hall–Kier alpha value is -2.88. The van der Waals surface area contributed by atoms with Crippen molar-refractivity contribution in [3.63, 3.8) is 0 Å². The van der Waals surface area contributed by atoms with Crippen LogP contribution in [0.25, 0.3) is 0 Å². The van der Waals surface area contributed by atoms with Crippen molar-refractivity contribution in [3.05, 3.63) is 77.5 Å². The molecule has 1 aromatic heterocycles. The third kappa shape index (κ3) is 4.35. The molecule has 4 nitrogen and oxygen atoms in total. The average molecular weight is 333 g/mol. The van der Waals surface area contributed by atoms with Gasteiger partial charge in [0.15, 0.2) is 0 Å². The number of nitrogens with zero attached hydrogens (tertiary/aromatic N) is 2. The van der Waals surface area contributed by atoms with Gasteiger partial charge in [-0.25, -0.2) is 4.98 Å². The van der Waals surface area contributed by atoms with Crippen LogP contribution in [-0.2, 0) is 6.42 Å². The van der Waals surface area contributed by atoms with Crippen molar-refractivity contribution in [1.82, 2.24) is 9.97 Å². The Morgan fingerprint density at radius 3 is 2.44 bits per heavy atom. The summed E-state index contributed by atoms with van der Waals surface area (Å²) in [6.45, 7) is 4.19. The number of aromatic nitrogens is 2. The van der Waals surface area contributed by atoms with Gasteiger partial charge in [0, 0.05) is 6.07 Å². The van der Waals surface area contributed by atoms with E-state index < -0.39 is 0 Å². The quantitative estimate of drug-likeness (QED) is 0.697. The van der Waals surface area contributed by atoms with Gasteiger partial charge < -0.3 is 10.5 Å². The summed E-state index contributed by atoms with van der Waals surface area (Å²) in [4.78, 5) is 8.62. The van der Waals surface area contributed by atoms with Gasteiger partial charge in [-0.1, -0.05) is 55.5 Å². The third-order valence-corrected chi connectivity index (χ3v) is 4.30. The molecule has 1 heterocycles. The van der Waals surface area contributed by atoms with Gasteiger partial charge in [0.1, 0.15) is 5.75 Å². The molecular formula is C21H23N3O. The lowest BCUT2D eigenvalue weighted by molar-refractivity contribution is 0.457. The average Bonchev–Trinajstić information content (AvgIpc) is 2.62. The van der Waals surface area contributed by atoms with Crippen molar-refractivity contribution in [2.75, 3.05) is 5.73 Å². The fraction of sp³-hybridized carbons (Fsp3) is 0.238. The molecule has 0 radical (unpaired) electrons. The monoisotopic (exact) mass is 333 g/mol. The molecule has 0 aliphatic carbocycles. The SMILES string of the molecule is CCC(Cc1cc(Oc2ccccc2C)nc(N)n1)c1ccccc1. The van der Waals surface area contributed by atoms with E-state index in [1.165, 1.54) is 5.56 Å². The molecule has 0 aliphatic heterocycles. The maximum Gasteiger partial charge on any atom is 0.224 e. The fourth-order valence-electron chi connectivity index (χ4n) is 2.91. The van der Waals surface area contributed by atoms with Crippen LogP contribution in [-0.4, -0.2) is 9.97 Å². The van der Waals surface area contributed by atoms with Gasteiger partial charge in [-0.05, 0) is 42.9 Å². The topological polar surface area (TPSA) is 61.0 Å². The van der Waals surface area contributed by atoms with Crippen LogP contribution in [0.5, 0.6) is 11.6 Å². The van der Waals surface area contributed by atoms with Crippen LogP contribution < -0.4 is 10.5 Å². The van der Waals surface area contributed by atoms with E-state index in [2.05, 4.69) is 41.2 Å². The molecule has 0 fully saturated rings. The summed E-state index contributed by atoms with van der Waals surface area (Å²) < 4.78 is 5.92. The molecule has 0 bridgehead atoms. The lowest BCUT2D eigenvalue weighted by Crippen LogP contribution is -2.07. The normalized spacial score (nSPS) is 11.9. The molecule has 0 saturated heterocycles. The fourth-order valence-corrected chi connectivity index (χ4v) is 2.91. The minimum Gasteiger partial charge on any atom is -0.439 e. The van der Waals surface area contributed by atoms with Crippen molar-refractivity contribution in [1.29, 1.82) is 0 Å². The molecule has 25 heavy (non-hydrogen) atoms. The Morgan fingerprint density at radius 2 is 1.72 bits per heavy atom. The third-order valence-electron chi connectivity index (χ3n) is 4.30. The van der Waals surface area contributed by atoms with Crippen LogP contribution in [0, 0.1) is 6.92 Å². The standard InChI is InChI=1S/C21H23N3O/c1-3-16(17-10-5-4-6-11-17)13-18-14-20(24-21(22)23-18)25-19-12-8-7-9-15(19)2/h4-12,14,16H,3,13H2,1-2H3,(H2,22,23,24). The van der Waals surface area contributed by atoms with Gasteiger partial charge in [0.2, 0.25) is 11.8 Å². The summed E-state index contributed by atoms with van der Waals surface area (Å²) in [5, 5.41) is 0. The smallest absolute Gasteiger partial charge is 0.224 e. The maximum atomic E-state index is 5.92. The summed E-state index contributed by atoms with van der Waals surface area (Å²) in [5.41, 5.74) is 9.16. The van der Waals surface area contributed by atoms with E-state index in [1.807, 2.05) is 43.3 Å². The summed E-state index contributed by atoms with van der Waals surface area (Å²) in [5.74, 6) is 1.90. The van der Waals surface area contributed by atoms with Gasteiger partial charge in [-0.15, -0.1) is 0 Å². The number of anilines is 1. The summed E-state index contributed by atoms with van der Waals surface area (Å²) in [6, 6.07) is 20.2. The van der Waals surface area contributed by atoms with Crippen molar-refractivity contribution in [2.45, 2.75) is 32.6 Å². The molecule has 0 aliphatic rings. The minimum atomic E-state index is 0.240. The number of rotatable bonds is 6. The van der Waals surface area contributed by atoms with E-state index in [-0.39, 0.29) is 5.95 Å². The molecular weight excluding hydrogens is 310 g/mol. The summed E-state index contributed by atoms with van der Waals surface area (Å²) >= 11 is 0.